The Balaban J connectivity index is 2.33. The van der Waals surface area contributed by atoms with Crippen molar-refractivity contribution in [2.75, 3.05) is 18.5 Å². The summed E-state index contributed by atoms with van der Waals surface area (Å²) in [7, 11) is -1.89. The largest absolute Gasteiger partial charge is 0.374 e. The third-order valence-electron chi connectivity index (χ3n) is 5.28. The standard InChI is InChI=1S/C23H29Cl2N3O2S/c1-4-6-7-17(5-2)16-28(3)20-10-11-22(27-26)23(15-20)31(29,30)13-12-18-8-9-19(24)14-21(18)25/h8-15,17,26H,4-7,16H2,1-3H3/b13-12+,27-26?. The van der Waals surface area contributed by atoms with Gasteiger partial charge in [0.2, 0.25) is 9.84 Å². The topological polar surface area (TPSA) is 73.6 Å². The van der Waals surface area contributed by atoms with Crippen molar-refractivity contribution in [3.63, 3.8) is 0 Å². The van der Waals surface area contributed by atoms with Gasteiger partial charge in [0.25, 0.3) is 0 Å². The molecular formula is C23H29Cl2N3O2S. The van der Waals surface area contributed by atoms with Crippen LogP contribution in [0.3, 0.4) is 0 Å². The second-order valence-corrected chi connectivity index (χ2v) is 10.2. The predicted octanol–water partition coefficient (Wildman–Crippen LogP) is 7.75. The Morgan fingerprint density at radius 2 is 1.90 bits per heavy atom. The van der Waals surface area contributed by atoms with Gasteiger partial charge in [-0.1, -0.05) is 62.4 Å². The first-order chi connectivity index (χ1) is 14.7. The van der Waals surface area contributed by atoms with Gasteiger partial charge in [0, 0.05) is 34.7 Å². The molecule has 1 unspecified atom stereocenters. The summed E-state index contributed by atoms with van der Waals surface area (Å²) in [4.78, 5) is 2.06. The molecule has 0 bridgehead atoms. The van der Waals surface area contributed by atoms with Crippen molar-refractivity contribution < 1.29 is 8.42 Å². The zero-order valence-electron chi connectivity index (χ0n) is 18.1. The van der Waals surface area contributed by atoms with Gasteiger partial charge in [-0.05, 0) is 54.3 Å². The maximum Gasteiger partial charge on any atom is 0.202 e. The number of benzene rings is 2. The van der Waals surface area contributed by atoms with Gasteiger partial charge in [-0.3, -0.25) is 0 Å². The fourth-order valence-corrected chi connectivity index (χ4v) is 4.98. The zero-order valence-corrected chi connectivity index (χ0v) is 20.4. The van der Waals surface area contributed by atoms with Crippen molar-refractivity contribution in [1.29, 1.82) is 5.53 Å². The molecule has 1 atom stereocenters. The summed E-state index contributed by atoms with van der Waals surface area (Å²) >= 11 is 12.0. The SMILES string of the molecule is CCCCC(CC)CN(C)c1ccc(N=N)c(S(=O)(=O)/C=C/c2ccc(Cl)cc2Cl)c1. The molecule has 0 aliphatic heterocycles. The fraction of sp³-hybridized carbons (Fsp3) is 0.391. The van der Waals surface area contributed by atoms with Crippen LogP contribution < -0.4 is 4.90 Å². The highest BCUT2D eigenvalue weighted by atomic mass is 35.5. The summed E-state index contributed by atoms with van der Waals surface area (Å²) in [6.07, 6.45) is 5.98. The van der Waals surface area contributed by atoms with E-state index in [0.29, 0.717) is 21.5 Å². The number of sulfone groups is 1. The zero-order chi connectivity index (χ0) is 23.0. The van der Waals surface area contributed by atoms with Crippen LogP contribution in [0.15, 0.2) is 51.8 Å². The summed E-state index contributed by atoms with van der Waals surface area (Å²) in [5.74, 6) is 0.539. The van der Waals surface area contributed by atoms with E-state index in [0.717, 1.165) is 36.9 Å². The monoisotopic (exact) mass is 481 g/mol. The number of halogens is 2. The number of nitrogens with one attached hydrogen (secondary N) is 1. The van der Waals surface area contributed by atoms with Crippen LogP contribution in [0.2, 0.25) is 10.0 Å². The van der Waals surface area contributed by atoms with Gasteiger partial charge in [0.15, 0.2) is 0 Å². The molecule has 0 aromatic heterocycles. The second-order valence-electron chi connectivity index (χ2n) is 7.57. The highest BCUT2D eigenvalue weighted by Crippen LogP contribution is 2.32. The first-order valence-electron chi connectivity index (χ1n) is 10.3. The summed E-state index contributed by atoms with van der Waals surface area (Å²) in [6, 6.07) is 9.81. The van der Waals surface area contributed by atoms with E-state index in [2.05, 4.69) is 23.9 Å². The lowest BCUT2D eigenvalue weighted by molar-refractivity contribution is 0.453. The minimum Gasteiger partial charge on any atom is -0.374 e. The lowest BCUT2D eigenvalue weighted by Crippen LogP contribution is -2.25. The molecule has 0 amide bonds. The molecular weight excluding hydrogens is 453 g/mol. The average Bonchev–Trinajstić information content (AvgIpc) is 2.75. The first-order valence-corrected chi connectivity index (χ1v) is 12.6. The summed E-state index contributed by atoms with van der Waals surface area (Å²) < 4.78 is 26.1. The smallest absolute Gasteiger partial charge is 0.202 e. The van der Waals surface area contributed by atoms with Crippen molar-refractivity contribution in [2.45, 2.75) is 44.4 Å². The number of nitrogens with zero attached hydrogens (tertiary/aromatic N) is 2. The van der Waals surface area contributed by atoms with Gasteiger partial charge >= 0.3 is 0 Å². The molecule has 0 aliphatic rings. The Morgan fingerprint density at radius 1 is 1.16 bits per heavy atom. The van der Waals surface area contributed by atoms with E-state index in [9.17, 15) is 8.42 Å². The molecule has 0 fully saturated rings. The van der Waals surface area contributed by atoms with Gasteiger partial charge < -0.3 is 4.90 Å². The molecule has 8 heteroatoms. The van der Waals surface area contributed by atoms with Crippen LogP contribution in [0, 0.1) is 11.4 Å². The lowest BCUT2D eigenvalue weighted by Gasteiger charge is -2.25. The van der Waals surface area contributed by atoms with Crippen molar-refractivity contribution in [3.05, 3.63) is 57.4 Å². The Kier molecular flexibility index (Phi) is 9.54. The van der Waals surface area contributed by atoms with Crippen LogP contribution in [0.25, 0.3) is 6.08 Å². The Hall–Kier alpha value is -1.89. The minimum absolute atomic E-state index is 0.00482. The van der Waals surface area contributed by atoms with Gasteiger partial charge in [-0.2, -0.15) is 5.11 Å². The molecule has 2 aromatic rings. The molecule has 5 nitrogen and oxygen atoms in total. The highest BCUT2D eigenvalue weighted by Gasteiger charge is 2.19. The van der Waals surface area contributed by atoms with E-state index < -0.39 is 9.84 Å². The van der Waals surface area contributed by atoms with Crippen LogP contribution in [-0.2, 0) is 9.84 Å². The maximum atomic E-state index is 13.0. The number of hydrogen-bond donors (Lipinski definition) is 1. The third-order valence-corrected chi connectivity index (χ3v) is 7.27. The summed E-state index contributed by atoms with van der Waals surface area (Å²) in [5.41, 5.74) is 8.81. The van der Waals surface area contributed by atoms with Crippen LogP contribution in [0.1, 0.15) is 45.1 Å². The molecule has 168 valence electrons. The highest BCUT2D eigenvalue weighted by molar-refractivity contribution is 7.94. The second kappa shape index (κ2) is 11.7. The molecule has 2 rings (SSSR count). The van der Waals surface area contributed by atoms with E-state index in [1.165, 1.54) is 12.5 Å². The molecule has 0 heterocycles. The minimum atomic E-state index is -3.84. The van der Waals surface area contributed by atoms with Crippen LogP contribution >= 0.6 is 23.2 Å². The molecule has 1 N–H and O–H groups in total. The van der Waals surface area contributed by atoms with Crippen molar-refractivity contribution in [2.24, 2.45) is 11.0 Å². The van der Waals surface area contributed by atoms with E-state index in [4.69, 9.17) is 28.7 Å². The lowest BCUT2D eigenvalue weighted by atomic mass is 9.98. The Morgan fingerprint density at radius 3 is 2.52 bits per heavy atom. The molecule has 0 saturated carbocycles. The van der Waals surface area contributed by atoms with Crippen LogP contribution in [0.4, 0.5) is 11.4 Å². The number of unbranched alkanes of at least 4 members (excludes halogenated alkanes) is 1. The molecule has 2 aromatic carbocycles. The van der Waals surface area contributed by atoms with Gasteiger partial charge in [0.1, 0.15) is 10.6 Å². The van der Waals surface area contributed by atoms with Gasteiger partial charge in [-0.15, -0.1) is 0 Å². The Labute approximate surface area is 195 Å². The van der Waals surface area contributed by atoms with Crippen LogP contribution in [0.5, 0.6) is 0 Å². The first kappa shape index (κ1) is 25.4. The normalized spacial score (nSPS) is 12.8. The summed E-state index contributed by atoms with van der Waals surface area (Å²) in [6.45, 7) is 5.20. The van der Waals surface area contributed by atoms with Crippen molar-refractivity contribution in [3.8, 4) is 0 Å². The van der Waals surface area contributed by atoms with E-state index >= 15 is 0 Å². The maximum absolute atomic E-state index is 13.0. The number of rotatable bonds is 11. The predicted molar refractivity (Wildman–Crippen MR) is 131 cm³/mol. The number of hydrogen-bond acceptors (Lipinski definition) is 5. The molecule has 0 aliphatic carbocycles. The molecule has 0 radical (unpaired) electrons. The van der Waals surface area contributed by atoms with Crippen molar-refractivity contribution in [1.82, 2.24) is 0 Å². The van der Waals surface area contributed by atoms with E-state index in [1.54, 1.807) is 36.4 Å². The fourth-order valence-electron chi connectivity index (χ4n) is 3.34. The summed E-state index contributed by atoms with van der Waals surface area (Å²) in [5, 5.41) is 5.33. The molecule has 31 heavy (non-hydrogen) atoms. The molecule has 0 spiro atoms. The van der Waals surface area contributed by atoms with E-state index in [-0.39, 0.29) is 10.6 Å². The Bertz CT molecular complexity index is 1040. The van der Waals surface area contributed by atoms with Crippen LogP contribution in [-0.4, -0.2) is 22.0 Å². The van der Waals surface area contributed by atoms with Gasteiger partial charge in [0.05, 0.1) is 0 Å². The molecule has 0 saturated heterocycles. The number of anilines is 1. The van der Waals surface area contributed by atoms with E-state index in [1.807, 2.05) is 7.05 Å². The third kappa shape index (κ3) is 7.06. The van der Waals surface area contributed by atoms with Gasteiger partial charge in [-0.25, -0.2) is 13.9 Å². The average molecular weight is 482 g/mol. The van der Waals surface area contributed by atoms with Crippen molar-refractivity contribution >= 4 is 50.5 Å². The quantitative estimate of drug-likeness (QED) is 0.333.